The number of benzene rings is 1. The van der Waals surface area contributed by atoms with Crippen LogP contribution in [0.15, 0.2) is 18.2 Å². The lowest BCUT2D eigenvalue weighted by molar-refractivity contribution is -0.137. The fraction of sp³-hybridized carbons (Fsp3) is 0.500. The van der Waals surface area contributed by atoms with E-state index in [9.17, 15) is 17.6 Å². The van der Waals surface area contributed by atoms with Gasteiger partial charge >= 0.3 is 6.18 Å². The van der Waals surface area contributed by atoms with Crippen molar-refractivity contribution in [3.05, 3.63) is 35.1 Å². The second-order valence-corrected chi connectivity index (χ2v) is 4.58. The third-order valence-corrected chi connectivity index (χ3v) is 2.70. The molecule has 0 aromatic heterocycles. The van der Waals surface area contributed by atoms with Gasteiger partial charge in [-0.1, -0.05) is 0 Å². The summed E-state index contributed by atoms with van der Waals surface area (Å²) >= 11 is 0. The second-order valence-electron chi connectivity index (χ2n) is 4.58. The summed E-state index contributed by atoms with van der Waals surface area (Å²) in [5.41, 5.74) is -2.02. The molecule has 0 fully saturated rings. The van der Waals surface area contributed by atoms with Crippen LogP contribution in [0.1, 0.15) is 18.1 Å². The number of hydrogen-bond acceptors (Lipinski definition) is 3. The normalized spacial score (nSPS) is 12.8. The first-order chi connectivity index (χ1) is 8.70. The molecule has 0 saturated carbocycles. The Labute approximate surface area is 107 Å². The molecule has 0 radical (unpaired) electrons. The molecule has 0 heterocycles. The summed E-state index contributed by atoms with van der Waals surface area (Å²) < 4.78 is 50.6. The van der Waals surface area contributed by atoms with Crippen molar-refractivity contribution in [2.75, 3.05) is 13.2 Å². The van der Waals surface area contributed by atoms with Gasteiger partial charge in [0.15, 0.2) is 0 Å². The number of aliphatic hydroxyl groups is 2. The maximum absolute atomic E-state index is 13.1. The highest BCUT2D eigenvalue weighted by Crippen LogP contribution is 2.30. The van der Waals surface area contributed by atoms with E-state index in [0.29, 0.717) is 6.07 Å². The van der Waals surface area contributed by atoms with Gasteiger partial charge in [0.2, 0.25) is 0 Å². The lowest BCUT2D eigenvalue weighted by atomic mass is 10.0. The molecule has 0 atom stereocenters. The molecule has 0 bridgehead atoms. The molecule has 0 spiro atoms. The molecule has 0 saturated heterocycles. The molecule has 3 nitrogen and oxygen atoms in total. The first-order valence-corrected chi connectivity index (χ1v) is 5.53. The van der Waals surface area contributed by atoms with Crippen molar-refractivity contribution >= 4 is 0 Å². The monoisotopic (exact) mass is 281 g/mol. The van der Waals surface area contributed by atoms with Gasteiger partial charge in [-0.2, -0.15) is 13.2 Å². The maximum Gasteiger partial charge on any atom is 0.416 e. The minimum atomic E-state index is -4.62. The fourth-order valence-electron chi connectivity index (χ4n) is 1.39. The van der Waals surface area contributed by atoms with Crippen molar-refractivity contribution in [1.29, 1.82) is 0 Å². The van der Waals surface area contributed by atoms with E-state index >= 15 is 0 Å². The number of alkyl halides is 3. The van der Waals surface area contributed by atoms with E-state index in [1.54, 1.807) is 0 Å². The van der Waals surface area contributed by atoms with Crippen LogP contribution < -0.4 is 5.32 Å². The Morgan fingerprint density at radius 3 is 2.16 bits per heavy atom. The van der Waals surface area contributed by atoms with Crippen molar-refractivity contribution in [3.63, 3.8) is 0 Å². The number of aliphatic hydroxyl groups excluding tert-OH is 2. The Morgan fingerprint density at radius 2 is 1.68 bits per heavy atom. The Hall–Kier alpha value is -1.18. The molecule has 1 rings (SSSR count). The van der Waals surface area contributed by atoms with Crippen molar-refractivity contribution < 1.29 is 27.8 Å². The molecule has 108 valence electrons. The molecule has 7 heteroatoms. The highest BCUT2D eigenvalue weighted by molar-refractivity contribution is 5.27. The Balaban J connectivity index is 2.88. The van der Waals surface area contributed by atoms with Crippen LogP contribution in [-0.2, 0) is 12.7 Å². The third kappa shape index (κ3) is 4.45. The van der Waals surface area contributed by atoms with Crippen molar-refractivity contribution in [2.24, 2.45) is 0 Å². The average Bonchev–Trinajstić information content (AvgIpc) is 2.34. The SMILES string of the molecule is CC(CO)(CO)NCc1cc(F)cc(C(F)(F)F)c1. The van der Waals surface area contributed by atoms with Crippen molar-refractivity contribution in [3.8, 4) is 0 Å². The molecule has 0 amide bonds. The third-order valence-electron chi connectivity index (χ3n) is 2.70. The van der Waals surface area contributed by atoms with Crippen LogP contribution in [0.4, 0.5) is 17.6 Å². The number of hydrogen-bond donors (Lipinski definition) is 3. The molecule has 1 aromatic rings. The number of nitrogens with one attached hydrogen (secondary N) is 1. The van der Waals surface area contributed by atoms with E-state index in [0.717, 1.165) is 12.1 Å². The van der Waals surface area contributed by atoms with Crippen LogP contribution >= 0.6 is 0 Å². The van der Waals surface area contributed by atoms with E-state index in [1.165, 1.54) is 6.92 Å². The van der Waals surface area contributed by atoms with Gasteiger partial charge < -0.3 is 15.5 Å². The lowest BCUT2D eigenvalue weighted by Crippen LogP contribution is -2.48. The van der Waals surface area contributed by atoms with Gasteiger partial charge in [-0.3, -0.25) is 0 Å². The fourth-order valence-corrected chi connectivity index (χ4v) is 1.39. The molecule has 0 aliphatic rings. The molecule has 19 heavy (non-hydrogen) atoms. The molecular formula is C12H15F4NO2. The van der Waals surface area contributed by atoms with Gasteiger partial charge in [-0.15, -0.1) is 0 Å². The van der Waals surface area contributed by atoms with Crippen LogP contribution in [0.5, 0.6) is 0 Å². The largest absolute Gasteiger partial charge is 0.416 e. The summed E-state index contributed by atoms with van der Waals surface area (Å²) in [6.07, 6.45) is -4.62. The van der Waals surface area contributed by atoms with Crippen LogP contribution in [0.25, 0.3) is 0 Å². The molecular weight excluding hydrogens is 266 g/mol. The van der Waals surface area contributed by atoms with Crippen molar-refractivity contribution in [1.82, 2.24) is 5.32 Å². The van der Waals surface area contributed by atoms with E-state index < -0.39 is 36.3 Å². The van der Waals surface area contributed by atoms with Crippen molar-refractivity contribution in [2.45, 2.75) is 25.2 Å². The zero-order chi connectivity index (χ0) is 14.7. The Kier molecular flexibility index (Phi) is 4.89. The minimum Gasteiger partial charge on any atom is -0.394 e. The number of rotatable bonds is 5. The number of halogens is 4. The van der Waals surface area contributed by atoms with Gasteiger partial charge in [0, 0.05) is 6.54 Å². The standard InChI is InChI=1S/C12H15F4NO2/c1-11(6-18,7-19)17-5-8-2-9(12(14,15)16)4-10(13)3-8/h2-4,17-19H,5-7H2,1H3. The highest BCUT2D eigenvalue weighted by Gasteiger charge is 2.31. The quantitative estimate of drug-likeness (QED) is 0.720. The van der Waals surface area contributed by atoms with E-state index in [4.69, 9.17) is 10.2 Å². The highest BCUT2D eigenvalue weighted by atomic mass is 19.4. The first-order valence-electron chi connectivity index (χ1n) is 5.53. The summed E-state index contributed by atoms with van der Waals surface area (Å²) in [5.74, 6) is -0.985. The summed E-state index contributed by atoms with van der Waals surface area (Å²) in [6, 6.07) is 2.21. The molecule has 0 aliphatic heterocycles. The zero-order valence-electron chi connectivity index (χ0n) is 10.3. The van der Waals surface area contributed by atoms with Gasteiger partial charge in [0.1, 0.15) is 5.82 Å². The summed E-state index contributed by atoms with van der Waals surface area (Å²) in [7, 11) is 0. The van der Waals surface area contributed by atoms with Gasteiger partial charge in [-0.05, 0) is 30.7 Å². The summed E-state index contributed by atoms with van der Waals surface area (Å²) in [4.78, 5) is 0. The maximum atomic E-state index is 13.1. The molecule has 0 unspecified atom stereocenters. The zero-order valence-corrected chi connectivity index (χ0v) is 10.3. The molecule has 3 N–H and O–H groups in total. The topological polar surface area (TPSA) is 52.5 Å². The lowest BCUT2D eigenvalue weighted by Gasteiger charge is -2.26. The summed E-state index contributed by atoms with van der Waals surface area (Å²) in [6.45, 7) is 0.602. The van der Waals surface area contributed by atoms with Gasteiger partial charge in [0.05, 0.1) is 24.3 Å². The smallest absolute Gasteiger partial charge is 0.394 e. The first kappa shape index (κ1) is 15.9. The van der Waals surface area contributed by atoms with Gasteiger partial charge in [0.25, 0.3) is 0 Å². The van der Waals surface area contributed by atoms with Crippen LogP contribution in [0.3, 0.4) is 0 Å². The van der Waals surface area contributed by atoms with Crippen LogP contribution in [-0.4, -0.2) is 29.0 Å². The van der Waals surface area contributed by atoms with Crippen LogP contribution in [0.2, 0.25) is 0 Å². The molecule has 1 aromatic carbocycles. The average molecular weight is 281 g/mol. The predicted octanol–water partition coefficient (Wildman–Crippen LogP) is 1.68. The van der Waals surface area contributed by atoms with Gasteiger partial charge in [-0.25, -0.2) is 4.39 Å². The Bertz CT molecular complexity index is 430. The molecule has 0 aliphatic carbocycles. The van der Waals surface area contributed by atoms with Crippen LogP contribution in [0, 0.1) is 5.82 Å². The minimum absolute atomic E-state index is 0.0838. The van der Waals surface area contributed by atoms with E-state index in [2.05, 4.69) is 5.32 Å². The second kappa shape index (κ2) is 5.85. The predicted molar refractivity (Wildman–Crippen MR) is 60.8 cm³/mol. The van der Waals surface area contributed by atoms with E-state index in [-0.39, 0.29) is 12.1 Å². The van der Waals surface area contributed by atoms with E-state index in [1.807, 2.05) is 0 Å². The summed E-state index contributed by atoms with van der Waals surface area (Å²) in [5, 5.41) is 20.7. The Morgan fingerprint density at radius 1 is 1.11 bits per heavy atom.